The maximum absolute atomic E-state index is 12.5. The molecule has 0 spiro atoms. The lowest BCUT2D eigenvalue weighted by molar-refractivity contribution is -0.133. The summed E-state index contributed by atoms with van der Waals surface area (Å²) in [7, 11) is -4.02. The molecule has 2 aromatic rings. The number of benzene rings is 2. The smallest absolute Gasteiger partial charge is 0.294 e. The summed E-state index contributed by atoms with van der Waals surface area (Å²) in [6.45, 7) is 3.14. The number of amides is 1. The number of carbonyl (C=O) groups excluding carboxylic acids is 1. The summed E-state index contributed by atoms with van der Waals surface area (Å²) < 4.78 is 29.6. The van der Waals surface area contributed by atoms with Crippen molar-refractivity contribution in [3.63, 3.8) is 0 Å². The molecule has 176 valence electrons. The summed E-state index contributed by atoms with van der Waals surface area (Å²) in [6, 6.07) is 12.4. The van der Waals surface area contributed by atoms with Crippen LogP contribution < -0.4 is 5.32 Å². The fraction of sp³-hybridized carbons (Fsp3) is 0.391. The summed E-state index contributed by atoms with van der Waals surface area (Å²) in [5.74, 6) is -0.175. The first-order chi connectivity index (χ1) is 15.6. The lowest BCUT2D eigenvalue weighted by Gasteiger charge is -2.23. The number of hydrogen-bond acceptors (Lipinski definition) is 7. The second-order valence-electron chi connectivity index (χ2n) is 8.25. The molecule has 2 saturated heterocycles. The zero-order chi connectivity index (χ0) is 24.2. The van der Waals surface area contributed by atoms with Crippen LogP contribution in [0.2, 0.25) is 0 Å². The van der Waals surface area contributed by atoms with Crippen LogP contribution in [0.25, 0.3) is 0 Å². The first-order valence-corrected chi connectivity index (χ1v) is 12.0. The van der Waals surface area contributed by atoms with Crippen LogP contribution in [0.15, 0.2) is 47.4 Å². The van der Waals surface area contributed by atoms with E-state index in [4.69, 9.17) is 9.81 Å². The number of aryl methyl sites for hydroxylation is 1. The predicted octanol–water partition coefficient (Wildman–Crippen LogP) is 2.30. The Labute approximate surface area is 193 Å². The average molecular weight is 474 g/mol. The number of rotatable bonds is 3. The second kappa shape index (κ2) is 10.2. The van der Waals surface area contributed by atoms with Gasteiger partial charge in [-0.3, -0.25) is 9.35 Å². The van der Waals surface area contributed by atoms with Crippen LogP contribution in [0.4, 0.5) is 0 Å². The summed E-state index contributed by atoms with van der Waals surface area (Å²) in [5.41, 5.74) is 1.86. The third-order valence-electron chi connectivity index (χ3n) is 5.90. The van der Waals surface area contributed by atoms with Crippen molar-refractivity contribution in [2.24, 2.45) is 0 Å². The van der Waals surface area contributed by atoms with Gasteiger partial charge in [0.1, 0.15) is 6.04 Å². The molecule has 2 heterocycles. The third kappa shape index (κ3) is 6.01. The Morgan fingerprint density at radius 2 is 1.85 bits per heavy atom. The van der Waals surface area contributed by atoms with Gasteiger partial charge in [0.25, 0.3) is 10.1 Å². The molecule has 0 aromatic heterocycles. The van der Waals surface area contributed by atoms with E-state index in [9.17, 15) is 23.4 Å². The molecular weight excluding hydrogens is 446 g/mol. The molecule has 33 heavy (non-hydrogen) atoms. The Hall–Kier alpha value is -3.13. The van der Waals surface area contributed by atoms with Crippen LogP contribution >= 0.6 is 0 Å². The van der Waals surface area contributed by atoms with Crippen molar-refractivity contribution in [1.29, 1.82) is 5.26 Å². The number of nitriles is 1. The van der Waals surface area contributed by atoms with E-state index in [0.717, 1.165) is 24.0 Å². The molecule has 4 N–H and O–H groups in total. The van der Waals surface area contributed by atoms with Crippen molar-refractivity contribution >= 4 is 16.0 Å². The Morgan fingerprint density at radius 3 is 2.45 bits per heavy atom. The Kier molecular flexibility index (Phi) is 7.58. The lowest BCUT2D eigenvalue weighted by atomic mass is 9.95. The average Bonchev–Trinajstić information content (AvgIpc) is 3.45. The molecule has 4 rings (SSSR count). The molecule has 0 unspecified atom stereocenters. The van der Waals surface area contributed by atoms with Crippen LogP contribution in [0, 0.1) is 18.3 Å². The topological polar surface area (TPSA) is 151 Å². The molecule has 3 atom stereocenters. The van der Waals surface area contributed by atoms with E-state index >= 15 is 0 Å². The number of nitrogens with zero attached hydrogens (tertiary/aromatic N) is 2. The number of phenolic OH excluding ortho intramolecular Hbond substituents is 2. The monoisotopic (exact) mass is 473 g/mol. The first kappa shape index (κ1) is 24.5. The molecule has 2 aliphatic heterocycles. The van der Waals surface area contributed by atoms with E-state index in [0.29, 0.717) is 19.5 Å². The van der Waals surface area contributed by atoms with E-state index in [-0.39, 0.29) is 40.3 Å². The van der Waals surface area contributed by atoms with Crippen molar-refractivity contribution in [2.75, 3.05) is 13.1 Å². The molecule has 1 amide bonds. The van der Waals surface area contributed by atoms with Gasteiger partial charge < -0.3 is 20.4 Å². The van der Waals surface area contributed by atoms with E-state index < -0.39 is 10.1 Å². The largest absolute Gasteiger partial charge is 0.504 e. The number of carbonyl (C=O) groups is 1. The summed E-state index contributed by atoms with van der Waals surface area (Å²) in [5, 5.41) is 31.3. The van der Waals surface area contributed by atoms with Crippen molar-refractivity contribution < 1.29 is 28.0 Å². The van der Waals surface area contributed by atoms with Crippen molar-refractivity contribution in [2.45, 2.75) is 49.1 Å². The molecule has 2 aliphatic rings. The molecular formula is C23H27N3O6S. The minimum absolute atomic E-state index is 0.00505. The van der Waals surface area contributed by atoms with Crippen LogP contribution in [0.5, 0.6) is 11.5 Å². The maximum atomic E-state index is 12.5. The molecule has 0 radical (unpaired) electrons. The zero-order valence-electron chi connectivity index (χ0n) is 18.2. The lowest BCUT2D eigenvalue weighted by Crippen LogP contribution is -2.45. The van der Waals surface area contributed by atoms with Crippen molar-refractivity contribution in [1.82, 2.24) is 10.2 Å². The maximum Gasteiger partial charge on any atom is 0.294 e. The zero-order valence-corrected chi connectivity index (χ0v) is 19.0. The first-order valence-electron chi connectivity index (χ1n) is 10.6. The van der Waals surface area contributed by atoms with E-state index in [1.54, 1.807) is 29.2 Å². The number of hydrogen-bond donors (Lipinski definition) is 4. The van der Waals surface area contributed by atoms with Gasteiger partial charge in [0, 0.05) is 13.1 Å². The van der Waals surface area contributed by atoms with Crippen LogP contribution in [-0.4, -0.2) is 59.2 Å². The standard InChI is InChI=1S/C16H19N3O3.C7H8O3S/c17-8-12-2-1-5-19(12)16(22)13-6-11(9-18-13)10-3-4-14(20)15(21)7-10;1-6-2-4-7(5-3-6)11(8,9)10/h3-4,7,11-13,18,20-21H,1-2,5-6,9H2;2-5H,1H3,(H,8,9,10)/t11-,12-,13-;/m0./s1. The summed E-state index contributed by atoms with van der Waals surface area (Å²) >= 11 is 0. The molecule has 2 fully saturated rings. The normalized spacial score (nSPS) is 22.3. The highest BCUT2D eigenvalue weighted by Gasteiger charge is 2.37. The highest BCUT2D eigenvalue weighted by atomic mass is 32.2. The van der Waals surface area contributed by atoms with Crippen LogP contribution in [0.3, 0.4) is 0 Å². The van der Waals surface area contributed by atoms with Crippen LogP contribution in [-0.2, 0) is 14.9 Å². The van der Waals surface area contributed by atoms with Crippen molar-refractivity contribution in [3.05, 3.63) is 53.6 Å². The number of aromatic hydroxyl groups is 2. The van der Waals surface area contributed by atoms with Gasteiger partial charge in [-0.25, -0.2) is 0 Å². The SMILES string of the molecule is Cc1ccc(S(=O)(=O)O)cc1.N#C[C@@H]1CCCN1C(=O)[C@@H]1C[C@H](c2ccc(O)c(O)c2)CN1. The molecule has 0 aliphatic carbocycles. The van der Waals surface area contributed by atoms with Crippen LogP contribution in [0.1, 0.15) is 36.3 Å². The van der Waals surface area contributed by atoms with Gasteiger partial charge in [0.15, 0.2) is 11.5 Å². The summed E-state index contributed by atoms with van der Waals surface area (Å²) in [4.78, 5) is 14.1. The molecule has 0 bridgehead atoms. The third-order valence-corrected chi connectivity index (χ3v) is 6.77. The van der Waals surface area contributed by atoms with Gasteiger partial charge in [0.2, 0.25) is 5.91 Å². The van der Waals surface area contributed by atoms with Gasteiger partial charge in [0.05, 0.1) is 17.0 Å². The van der Waals surface area contributed by atoms with Gasteiger partial charge in [-0.1, -0.05) is 23.8 Å². The van der Waals surface area contributed by atoms with E-state index in [1.165, 1.54) is 18.2 Å². The highest BCUT2D eigenvalue weighted by molar-refractivity contribution is 7.85. The molecule has 2 aromatic carbocycles. The second-order valence-corrected chi connectivity index (χ2v) is 9.67. The molecule has 9 nitrogen and oxygen atoms in total. The quantitative estimate of drug-likeness (QED) is 0.392. The van der Waals surface area contributed by atoms with Gasteiger partial charge in [-0.15, -0.1) is 0 Å². The fourth-order valence-electron chi connectivity index (χ4n) is 4.05. The van der Waals surface area contributed by atoms with Crippen molar-refractivity contribution in [3.8, 4) is 17.6 Å². The fourth-order valence-corrected chi connectivity index (χ4v) is 4.53. The number of likely N-dealkylation sites (tertiary alicyclic amines) is 1. The minimum atomic E-state index is -4.02. The highest BCUT2D eigenvalue weighted by Crippen LogP contribution is 2.33. The minimum Gasteiger partial charge on any atom is -0.504 e. The van der Waals surface area contributed by atoms with Gasteiger partial charge in [-0.2, -0.15) is 13.7 Å². The summed E-state index contributed by atoms with van der Waals surface area (Å²) in [6.07, 6.45) is 2.27. The molecule has 0 saturated carbocycles. The Balaban J connectivity index is 0.000000235. The number of phenols is 2. The molecule has 10 heteroatoms. The van der Waals surface area contributed by atoms with Gasteiger partial charge in [-0.05, 0) is 61.9 Å². The number of nitrogens with one attached hydrogen (secondary N) is 1. The van der Waals surface area contributed by atoms with E-state index in [1.807, 2.05) is 6.92 Å². The van der Waals surface area contributed by atoms with Gasteiger partial charge >= 0.3 is 0 Å². The Morgan fingerprint density at radius 1 is 1.15 bits per heavy atom. The predicted molar refractivity (Wildman–Crippen MR) is 120 cm³/mol. The van der Waals surface area contributed by atoms with E-state index in [2.05, 4.69) is 11.4 Å². The Bertz CT molecular complexity index is 1140.